The van der Waals surface area contributed by atoms with Crippen molar-refractivity contribution in [1.29, 1.82) is 0 Å². The van der Waals surface area contributed by atoms with Crippen molar-refractivity contribution in [2.45, 2.75) is 32.2 Å². The number of hydrogen-bond donors (Lipinski definition) is 2. The number of nitrogens with zero attached hydrogens (tertiary/aromatic N) is 1. The van der Waals surface area contributed by atoms with E-state index in [1.807, 2.05) is 25.1 Å². The summed E-state index contributed by atoms with van der Waals surface area (Å²) in [6, 6.07) is 5.42. The predicted molar refractivity (Wildman–Crippen MR) is 72.6 cm³/mol. The van der Waals surface area contributed by atoms with E-state index in [-0.39, 0.29) is 11.8 Å². The second kappa shape index (κ2) is 7.45. The normalized spacial score (nSPS) is 13.4. The van der Waals surface area contributed by atoms with E-state index in [0.717, 1.165) is 12.1 Å². The Morgan fingerprint density at radius 1 is 1.44 bits per heavy atom. The van der Waals surface area contributed by atoms with Crippen LogP contribution in [0.5, 0.6) is 0 Å². The first-order valence-corrected chi connectivity index (χ1v) is 7.82. The number of sulfonamides is 1. The van der Waals surface area contributed by atoms with Crippen molar-refractivity contribution >= 4 is 10.0 Å². The minimum Gasteiger partial charge on any atom is -0.330 e. The molecule has 0 bridgehead atoms. The first kappa shape index (κ1) is 15.1. The molecule has 0 aliphatic rings. The molecule has 1 aromatic rings. The third-order valence-electron chi connectivity index (χ3n) is 2.71. The Balaban J connectivity index is 2.49. The van der Waals surface area contributed by atoms with Gasteiger partial charge in [0.1, 0.15) is 0 Å². The highest BCUT2D eigenvalue weighted by atomic mass is 32.2. The summed E-state index contributed by atoms with van der Waals surface area (Å²) in [4.78, 5) is 4.11. The van der Waals surface area contributed by atoms with Gasteiger partial charge in [-0.1, -0.05) is 13.0 Å². The number of nitrogens with two attached hydrogens (primary N) is 1. The summed E-state index contributed by atoms with van der Waals surface area (Å²) in [6.45, 7) is 2.43. The Morgan fingerprint density at radius 2 is 2.22 bits per heavy atom. The smallest absolute Gasteiger partial charge is 0.212 e. The van der Waals surface area contributed by atoms with Gasteiger partial charge < -0.3 is 5.73 Å². The van der Waals surface area contributed by atoms with Gasteiger partial charge >= 0.3 is 0 Å². The quantitative estimate of drug-likeness (QED) is 0.728. The van der Waals surface area contributed by atoms with Gasteiger partial charge in [0.15, 0.2) is 0 Å². The molecule has 1 heterocycles. The average molecular weight is 271 g/mol. The van der Waals surface area contributed by atoms with E-state index in [9.17, 15) is 8.42 Å². The first-order chi connectivity index (χ1) is 8.57. The van der Waals surface area contributed by atoms with E-state index in [4.69, 9.17) is 5.73 Å². The summed E-state index contributed by atoms with van der Waals surface area (Å²) in [5, 5.41) is 0. The molecule has 1 atom stereocenters. The van der Waals surface area contributed by atoms with Gasteiger partial charge in [0, 0.05) is 24.4 Å². The lowest BCUT2D eigenvalue weighted by Gasteiger charge is -2.15. The summed E-state index contributed by atoms with van der Waals surface area (Å²) in [5.74, 6) is 0.0606. The highest BCUT2D eigenvalue weighted by Gasteiger charge is 2.16. The van der Waals surface area contributed by atoms with Gasteiger partial charge in [-0.05, 0) is 31.5 Å². The van der Waals surface area contributed by atoms with Crippen LogP contribution in [0.15, 0.2) is 24.4 Å². The van der Waals surface area contributed by atoms with E-state index in [1.165, 1.54) is 0 Å². The molecule has 0 amide bonds. The number of aryl methyl sites for hydroxylation is 1. The van der Waals surface area contributed by atoms with E-state index in [2.05, 4.69) is 9.71 Å². The highest BCUT2D eigenvalue weighted by Crippen LogP contribution is 2.02. The van der Waals surface area contributed by atoms with Crippen LogP contribution < -0.4 is 10.5 Å². The fraction of sp³-hybridized carbons (Fsp3) is 0.583. The molecule has 0 aromatic carbocycles. The lowest BCUT2D eigenvalue weighted by Crippen LogP contribution is -2.37. The maximum absolute atomic E-state index is 11.9. The summed E-state index contributed by atoms with van der Waals surface area (Å²) in [6.07, 6.45) is 3.51. The SMILES string of the molecule is CCC(CCN)NS(=O)(=O)CCc1ccccn1. The molecule has 0 saturated heterocycles. The second-order valence-corrected chi connectivity index (χ2v) is 6.06. The predicted octanol–water partition coefficient (Wildman–Crippen LogP) is 0.671. The standard InChI is InChI=1S/C12H21N3O2S/c1-2-11(6-8-13)15-18(16,17)10-7-12-5-3-4-9-14-12/h3-5,9,11,15H,2,6-8,10,13H2,1H3. The van der Waals surface area contributed by atoms with E-state index >= 15 is 0 Å². The Morgan fingerprint density at radius 3 is 2.78 bits per heavy atom. The molecule has 3 N–H and O–H groups in total. The summed E-state index contributed by atoms with van der Waals surface area (Å²) in [5.41, 5.74) is 6.23. The van der Waals surface area contributed by atoms with Crippen LogP contribution in [0.1, 0.15) is 25.5 Å². The fourth-order valence-electron chi connectivity index (χ4n) is 1.65. The first-order valence-electron chi connectivity index (χ1n) is 6.17. The number of aromatic nitrogens is 1. The number of nitrogens with one attached hydrogen (secondary N) is 1. The van der Waals surface area contributed by atoms with Gasteiger partial charge in [0.05, 0.1) is 5.75 Å². The Labute approximate surface area is 109 Å². The van der Waals surface area contributed by atoms with E-state index < -0.39 is 10.0 Å². The Bertz CT molecular complexity index is 434. The van der Waals surface area contributed by atoms with Crippen molar-refractivity contribution in [1.82, 2.24) is 9.71 Å². The highest BCUT2D eigenvalue weighted by molar-refractivity contribution is 7.89. The van der Waals surface area contributed by atoms with Crippen LogP contribution in [0.3, 0.4) is 0 Å². The van der Waals surface area contributed by atoms with Crippen LogP contribution in [0.4, 0.5) is 0 Å². The molecule has 0 aliphatic carbocycles. The molecule has 0 radical (unpaired) electrons. The van der Waals surface area contributed by atoms with Crippen LogP contribution in [0.2, 0.25) is 0 Å². The molecule has 1 rings (SSSR count). The van der Waals surface area contributed by atoms with Crippen LogP contribution in [0, 0.1) is 0 Å². The lowest BCUT2D eigenvalue weighted by atomic mass is 10.2. The molecule has 1 aromatic heterocycles. The lowest BCUT2D eigenvalue weighted by molar-refractivity contribution is 0.520. The molecule has 18 heavy (non-hydrogen) atoms. The van der Waals surface area contributed by atoms with Crippen molar-refractivity contribution in [2.24, 2.45) is 5.73 Å². The van der Waals surface area contributed by atoms with Crippen molar-refractivity contribution in [3.8, 4) is 0 Å². The van der Waals surface area contributed by atoms with Gasteiger partial charge in [0.2, 0.25) is 10.0 Å². The van der Waals surface area contributed by atoms with Crippen molar-refractivity contribution in [2.75, 3.05) is 12.3 Å². The third-order valence-corrected chi connectivity index (χ3v) is 4.14. The number of hydrogen-bond acceptors (Lipinski definition) is 4. The summed E-state index contributed by atoms with van der Waals surface area (Å²) < 4.78 is 26.4. The zero-order chi connectivity index (χ0) is 13.4. The van der Waals surface area contributed by atoms with Crippen LogP contribution >= 0.6 is 0 Å². The van der Waals surface area contributed by atoms with Gasteiger partial charge in [0.25, 0.3) is 0 Å². The summed E-state index contributed by atoms with van der Waals surface area (Å²) >= 11 is 0. The monoisotopic (exact) mass is 271 g/mol. The molecule has 0 fully saturated rings. The molecule has 0 spiro atoms. The van der Waals surface area contributed by atoms with Crippen LogP contribution in [-0.2, 0) is 16.4 Å². The fourth-order valence-corrected chi connectivity index (χ4v) is 3.03. The average Bonchev–Trinajstić information content (AvgIpc) is 2.37. The number of rotatable bonds is 8. The van der Waals surface area contributed by atoms with Gasteiger partial charge in [-0.2, -0.15) is 0 Å². The Hall–Kier alpha value is -0.980. The van der Waals surface area contributed by atoms with E-state index in [1.54, 1.807) is 6.20 Å². The van der Waals surface area contributed by atoms with Crippen LogP contribution in [-0.4, -0.2) is 31.7 Å². The molecule has 5 nitrogen and oxygen atoms in total. The van der Waals surface area contributed by atoms with Crippen LogP contribution in [0.25, 0.3) is 0 Å². The zero-order valence-corrected chi connectivity index (χ0v) is 11.5. The minimum atomic E-state index is -3.26. The molecule has 0 aliphatic heterocycles. The van der Waals surface area contributed by atoms with Crippen molar-refractivity contribution in [3.05, 3.63) is 30.1 Å². The Kier molecular flexibility index (Phi) is 6.24. The maximum atomic E-state index is 11.9. The third kappa shape index (κ3) is 5.57. The zero-order valence-electron chi connectivity index (χ0n) is 10.7. The van der Waals surface area contributed by atoms with E-state index in [0.29, 0.717) is 19.4 Å². The largest absolute Gasteiger partial charge is 0.330 e. The molecular weight excluding hydrogens is 250 g/mol. The number of pyridine rings is 1. The molecular formula is C12H21N3O2S. The molecule has 1 unspecified atom stereocenters. The molecule has 6 heteroatoms. The summed E-state index contributed by atoms with van der Waals surface area (Å²) in [7, 11) is -3.26. The molecule has 102 valence electrons. The second-order valence-electron chi connectivity index (χ2n) is 4.19. The maximum Gasteiger partial charge on any atom is 0.212 e. The van der Waals surface area contributed by atoms with Gasteiger partial charge in [-0.3, -0.25) is 4.98 Å². The van der Waals surface area contributed by atoms with Gasteiger partial charge in [-0.15, -0.1) is 0 Å². The topological polar surface area (TPSA) is 85.1 Å². The van der Waals surface area contributed by atoms with Gasteiger partial charge in [-0.25, -0.2) is 13.1 Å². The van der Waals surface area contributed by atoms with Crippen molar-refractivity contribution < 1.29 is 8.42 Å². The minimum absolute atomic E-state index is 0.0606. The molecule has 0 saturated carbocycles. The van der Waals surface area contributed by atoms with Crippen molar-refractivity contribution in [3.63, 3.8) is 0 Å².